The minimum atomic E-state index is -4.56. The van der Waals surface area contributed by atoms with E-state index in [4.69, 9.17) is 9.47 Å². The lowest BCUT2D eigenvalue weighted by molar-refractivity contribution is -0.139. The van der Waals surface area contributed by atoms with Crippen molar-refractivity contribution >= 4 is 6.29 Å². The molecule has 3 nitrogen and oxygen atoms in total. The van der Waals surface area contributed by atoms with Gasteiger partial charge in [-0.15, -0.1) is 0 Å². The number of hydrogen-bond acceptors (Lipinski definition) is 3. The molecule has 1 atom stereocenters. The number of benzene rings is 1. The third kappa shape index (κ3) is 3.73. The fourth-order valence-electron chi connectivity index (χ4n) is 1.24. The molecule has 0 fully saturated rings. The zero-order valence-corrected chi connectivity index (χ0v) is 9.95. The average molecular weight is 262 g/mol. The molecular formula is C12H13F3O3. The average Bonchev–Trinajstić information content (AvgIpc) is 2.34. The van der Waals surface area contributed by atoms with Crippen LogP contribution in [0.15, 0.2) is 18.2 Å². The number of carbonyl (C=O) groups is 1. The fourth-order valence-corrected chi connectivity index (χ4v) is 1.24. The summed E-state index contributed by atoms with van der Waals surface area (Å²) in [5.41, 5.74) is -1.01. The van der Waals surface area contributed by atoms with Crippen molar-refractivity contribution < 1.29 is 27.4 Å². The molecule has 0 heterocycles. The molecule has 1 aromatic carbocycles. The van der Waals surface area contributed by atoms with Gasteiger partial charge >= 0.3 is 6.18 Å². The van der Waals surface area contributed by atoms with E-state index in [0.29, 0.717) is 6.29 Å². The Bertz CT molecular complexity index is 416. The van der Waals surface area contributed by atoms with Crippen molar-refractivity contribution in [2.45, 2.75) is 19.2 Å². The Morgan fingerprint density at radius 2 is 2.06 bits per heavy atom. The molecule has 0 amide bonds. The molecule has 0 aliphatic heterocycles. The Labute approximate surface area is 103 Å². The Morgan fingerprint density at radius 3 is 2.56 bits per heavy atom. The third-order valence-corrected chi connectivity index (χ3v) is 2.32. The van der Waals surface area contributed by atoms with Crippen LogP contribution in [0.5, 0.6) is 5.75 Å². The van der Waals surface area contributed by atoms with Crippen LogP contribution in [0.3, 0.4) is 0 Å². The fraction of sp³-hybridized carbons (Fsp3) is 0.417. The lowest BCUT2D eigenvalue weighted by atomic mass is 10.1. The van der Waals surface area contributed by atoms with Crippen LogP contribution in [-0.4, -0.2) is 26.1 Å². The molecule has 0 spiro atoms. The summed E-state index contributed by atoms with van der Waals surface area (Å²) in [5.74, 6) is -0.308. The van der Waals surface area contributed by atoms with E-state index in [1.807, 2.05) is 0 Å². The van der Waals surface area contributed by atoms with Crippen LogP contribution in [0.1, 0.15) is 22.8 Å². The van der Waals surface area contributed by atoms with E-state index in [0.717, 1.165) is 12.1 Å². The zero-order valence-electron chi connectivity index (χ0n) is 9.95. The second-order valence-corrected chi connectivity index (χ2v) is 3.73. The number of halogens is 3. The minimum Gasteiger partial charge on any atom is -0.490 e. The van der Waals surface area contributed by atoms with Crippen molar-refractivity contribution in [3.63, 3.8) is 0 Å². The van der Waals surface area contributed by atoms with E-state index in [-0.39, 0.29) is 24.0 Å². The molecule has 6 heteroatoms. The predicted octanol–water partition coefficient (Wildman–Crippen LogP) is 2.93. The molecule has 100 valence electrons. The summed E-state index contributed by atoms with van der Waals surface area (Å²) in [6, 6.07) is 3.17. The summed E-state index contributed by atoms with van der Waals surface area (Å²) in [6.07, 6.45) is -4.53. The highest BCUT2D eigenvalue weighted by Crippen LogP contribution is 2.36. The van der Waals surface area contributed by atoms with E-state index in [1.54, 1.807) is 6.92 Å². The Kier molecular flexibility index (Phi) is 4.72. The maximum absolute atomic E-state index is 12.7. The normalized spacial score (nSPS) is 13.2. The van der Waals surface area contributed by atoms with E-state index in [9.17, 15) is 18.0 Å². The molecule has 0 aliphatic carbocycles. The monoisotopic (exact) mass is 262 g/mol. The first kappa shape index (κ1) is 14.5. The van der Waals surface area contributed by atoms with Crippen LogP contribution in [-0.2, 0) is 10.9 Å². The highest BCUT2D eigenvalue weighted by Gasteiger charge is 2.34. The summed E-state index contributed by atoms with van der Waals surface area (Å²) in [4.78, 5) is 10.5. The van der Waals surface area contributed by atoms with E-state index >= 15 is 0 Å². The molecule has 0 bridgehead atoms. The first-order chi connectivity index (χ1) is 8.38. The van der Waals surface area contributed by atoms with Gasteiger partial charge in [-0.3, -0.25) is 4.79 Å². The largest absolute Gasteiger partial charge is 0.490 e. The van der Waals surface area contributed by atoms with Gasteiger partial charge in [-0.25, -0.2) is 0 Å². The molecule has 0 radical (unpaired) electrons. The molecule has 0 saturated carbocycles. The molecule has 0 aliphatic rings. The highest BCUT2D eigenvalue weighted by atomic mass is 19.4. The molecule has 1 aromatic rings. The maximum Gasteiger partial charge on any atom is 0.419 e. The van der Waals surface area contributed by atoms with Crippen LogP contribution < -0.4 is 4.74 Å². The van der Waals surface area contributed by atoms with Crippen LogP contribution in [0.2, 0.25) is 0 Å². The minimum absolute atomic E-state index is 0.0000158. The molecular weight excluding hydrogens is 249 g/mol. The molecule has 0 saturated heterocycles. The van der Waals surface area contributed by atoms with Gasteiger partial charge in [0.1, 0.15) is 18.6 Å². The molecule has 1 rings (SSSR count). The van der Waals surface area contributed by atoms with Crippen LogP contribution in [0.25, 0.3) is 0 Å². The van der Waals surface area contributed by atoms with Crippen LogP contribution in [0, 0.1) is 0 Å². The van der Waals surface area contributed by atoms with Crippen molar-refractivity contribution in [3.05, 3.63) is 29.3 Å². The van der Waals surface area contributed by atoms with Gasteiger partial charge in [0.2, 0.25) is 0 Å². The van der Waals surface area contributed by atoms with Gasteiger partial charge < -0.3 is 9.47 Å². The Balaban J connectivity index is 2.99. The SMILES string of the molecule is COC(C)COc1ccc(C=O)cc1C(F)(F)F. The standard InChI is InChI=1S/C12H13F3O3/c1-8(17-2)7-18-11-4-3-9(6-16)5-10(11)12(13,14)15/h3-6,8H,7H2,1-2H3. The number of ether oxygens (including phenoxy) is 2. The summed E-state index contributed by atoms with van der Waals surface area (Å²) in [7, 11) is 1.44. The van der Waals surface area contributed by atoms with Gasteiger partial charge in [0, 0.05) is 12.7 Å². The van der Waals surface area contributed by atoms with Gasteiger partial charge in [0.15, 0.2) is 0 Å². The van der Waals surface area contributed by atoms with Gasteiger partial charge in [-0.1, -0.05) is 0 Å². The predicted molar refractivity (Wildman–Crippen MR) is 58.8 cm³/mol. The number of methoxy groups -OCH3 is 1. The lowest BCUT2D eigenvalue weighted by Crippen LogP contribution is -2.18. The van der Waals surface area contributed by atoms with E-state index < -0.39 is 11.7 Å². The van der Waals surface area contributed by atoms with Crippen LogP contribution in [0.4, 0.5) is 13.2 Å². The van der Waals surface area contributed by atoms with Gasteiger partial charge in [0.05, 0.1) is 11.7 Å². The number of aldehydes is 1. The lowest BCUT2D eigenvalue weighted by Gasteiger charge is -2.16. The van der Waals surface area contributed by atoms with Crippen molar-refractivity contribution in [1.29, 1.82) is 0 Å². The van der Waals surface area contributed by atoms with Crippen molar-refractivity contribution in [1.82, 2.24) is 0 Å². The topological polar surface area (TPSA) is 35.5 Å². The smallest absolute Gasteiger partial charge is 0.419 e. The first-order valence-electron chi connectivity index (χ1n) is 5.20. The van der Waals surface area contributed by atoms with Crippen LogP contribution >= 0.6 is 0 Å². The molecule has 0 N–H and O–H groups in total. The highest BCUT2D eigenvalue weighted by molar-refractivity contribution is 5.75. The summed E-state index contributed by atoms with van der Waals surface area (Å²) < 4.78 is 48.2. The zero-order chi connectivity index (χ0) is 13.8. The number of alkyl halides is 3. The van der Waals surface area contributed by atoms with Crippen molar-refractivity contribution in [2.75, 3.05) is 13.7 Å². The molecule has 18 heavy (non-hydrogen) atoms. The van der Waals surface area contributed by atoms with E-state index in [1.165, 1.54) is 13.2 Å². The second-order valence-electron chi connectivity index (χ2n) is 3.73. The van der Waals surface area contributed by atoms with Crippen molar-refractivity contribution in [3.8, 4) is 5.75 Å². The maximum atomic E-state index is 12.7. The van der Waals surface area contributed by atoms with Gasteiger partial charge in [-0.05, 0) is 25.1 Å². The molecule has 1 unspecified atom stereocenters. The summed E-state index contributed by atoms with van der Waals surface area (Å²) in [5, 5.41) is 0. The first-order valence-corrected chi connectivity index (χ1v) is 5.20. The van der Waals surface area contributed by atoms with Gasteiger partial charge in [0.25, 0.3) is 0 Å². The Morgan fingerprint density at radius 1 is 1.39 bits per heavy atom. The van der Waals surface area contributed by atoms with Gasteiger partial charge in [-0.2, -0.15) is 13.2 Å². The number of rotatable bonds is 5. The number of carbonyl (C=O) groups excluding carboxylic acids is 1. The quantitative estimate of drug-likeness (QED) is 0.765. The second kappa shape index (κ2) is 5.86. The molecule has 0 aromatic heterocycles. The van der Waals surface area contributed by atoms with Crippen molar-refractivity contribution in [2.24, 2.45) is 0 Å². The Hall–Kier alpha value is -1.56. The van der Waals surface area contributed by atoms with E-state index in [2.05, 4.69) is 0 Å². The number of hydrogen-bond donors (Lipinski definition) is 0. The summed E-state index contributed by atoms with van der Waals surface area (Å²) >= 11 is 0. The summed E-state index contributed by atoms with van der Waals surface area (Å²) in [6.45, 7) is 1.67. The third-order valence-electron chi connectivity index (χ3n) is 2.32.